The topological polar surface area (TPSA) is 41.1 Å². The van der Waals surface area contributed by atoms with Crippen molar-refractivity contribution in [3.05, 3.63) is 17.5 Å². The van der Waals surface area contributed by atoms with Crippen LogP contribution < -0.4 is 10.2 Å². The fourth-order valence-corrected chi connectivity index (χ4v) is 2.56. The molecule has 4 nitrogen and oxygen atoms in total. The first-order valence-electron chi connectivity index (χ1n) is 7.78. The van der Waals surface area contributed by atoms with Crippen molar-refractivity contribution in [3.63, 3.8) is 0 Å². The van der Waals surface area contributed by atoms with Gasteiger partial charge in [0.15, 0.2) is 0 Å². The second-order valence-electron chi connectivity index (χ2n) is 6.51. The zero-order valence-electron chi connectivity index (χ0n) is 13.5. The summed E-state index contributed by atoms with van der Waals surface area (Å²) in [5.74, 6) is 2.42. The average molecular weight is 276 g/mol. The molecule has 1 aliphatic rings. The Balaban J connectivity index is 2.05. The molecule has 2 heterocycles. The lowest BCUT2D eigenvalue weighted by Crippen LogP contribution is -2.39. The van der Waals surface area contributed by atoms with Crippen molar-refractivity contribution >= 4 is 5.95 Å². The van der Waals surface area contributed by atoms with E-state index < -0.39 is 0 Å². The van der Waals surface area contributed by atoms with Crippen molar-refractivity contribution in [1.29, 1.82) is 0 Å². The highest BCUT2D eigenvalue weighted by molar-refractivity contribution is 5.33. The van der Waals surface area contributed by atoms with E-state index in [-0.39, 0.29) is 0 Å². The predicted molar refractivity (Wildman–Crippen MR) is 83.9 cm³/mol. The Bertz CT molecular complexity index is 444. The normalized spacial score (nSPS) is 23.4. The minimum atomic E-state index is 0.485. The third-order valence-corrected chi connectivity index (χ3v) is 4.39. The molecule has 1 N–H and O–H groups in total. The summed E-state index contributed by atoms with van der Waals surface area (Å²) in [6.07, 6.45) is 3.22. The summed E-state index contributed by atoms with van der Waals surface area (Å²) in [5, 5.41) is 3.42. The van der Waals surface area contributed by atoms with Gasteiger partial charge in [0.05, 0.1) is 0 Å². The molecular formula is C16H28N4. The number of aryl methyl sites for hydroxylation is 1. The Morgan fingerprint density at radius 3 is 2.70 bits per heavy atom. The summed E-state index contributed by atoms with van der Waals surface area (Å²) in [4.78, 5) is 11.6. The third kappa shape index (κ3) is 3.69. The Labute approximate surface area is 123 Å². The number of piperidine rings is 1. The molecule has 1 aromatic heterocycles. The average Bonchev–Trinajstić information content (AvgIpc) is 2.40. The first-order chi connectivity index (χ1) is 9.47. The van der Waals surface area contributed by atoms with Crippen LogP contribution in [0, 0.1) is 18.8 Å². The van der Waals surface area contributed by atoms with Crippen LogP contribution in [0.3, 0.4) is 0 Å². The van der Waals surface area contributed by atoms with Gasteiger partial charge in [-0.1, -0.05) is 27.7 Å². The van der Waals surface area contributed by atoms with Crippen molar-refractivity contribution in [1.82, 2.24) is 15.3 Å². The Kier molecular flexibility index (Phi) is 4.97. The van der Waals surface area contributed by atoms with Gasteiger partial charge in [0, 0.05) is 43.1 Å². The highest BCUT2D eigenvalue weighted by Gasteiger charge is 2.24. The number of nitrogens with one attached hydrogen (secondary N) is 1. The minimum absolute atomic E-state index is 0.485. The Hall–Kier alpha value is -1.16. The molecule has 1 fully saturated rings. The molecule has 112 valence electrons. The molecular weight excluding hydrogens is 248 g/mol. The van der Waals surface area contributed by atoms with Gasteiger partial charge in [-0.15, -0.1) is 0 Å². The van der Waals surface area contributed by atoms with Crippen LogP contribution in [0.15, 0.2) is 6.20 Å². The van der Waals surface area contributed by atoms with Crippen molar-refractivity contribution in [3.8, 4) is 0 Å². The van der Waals surface area contributed by atoms with Gasteiger partial charge >= 0.3 is 0 Å². The molecule has 2 rings (SSSR count). The maximum Gasteiger partial charge on any atom is 0.225 e. The van der Waals surface area contributed by atoms with E-state index in [2.05, 4.69) is 49.8 Å². The third-order valence-electron chi connectivity index (χ3n) is 4.39. The number of hydrogen-bond acceptors (Lipinski definition) is 4. The summed E-state index contributed by atoms with van der Waals surface area (Å²) in [6, 6.07) is 0.485. The van der Waals surface area contributed by atoms with E-state index in [0.717, 1.165) is 43.1 Å². The van der Waals surface area contributed by atoms with Gasteiger partial charge in [0.2, 0.25) is 5.95 Å². The van der Waals surface area contributed by atoms with Crippen molar-refractivity contribution in [2.75, 3.05) is 18.0 Å². The molecule has 2 atom stereocenters. The molecule has 0 bridgehead atoms. The molecule has 1 aliphatic heterocycles. The molecule has 4 heteroatoms. The van der Waals surface area contributed by atoms with E-state index in [1.807, 2.05) is 6.20 Å². The maximum absolute atomic E-state index is 4.71. The number of rotatable bonds is 4. The zero-order valence-corrected chi connectivity index (χ0v) is 13.5. The second kappa shape index (κ2) is 6.53. The van der Waals surface area contributed by atoms with E-state index >= 15 is 0 Å². The van der Waals surface area contributed by atoms with Crippen LogP contribution in [-0.4, -0.2) is 29.1 Å². The van der Waals surface area contributed by atoms with Crippen LogP contribution in [0.1, 0.15) is 45.4 Å². The fraction of sp³-hybridized carbons (Fsp3) is 0.750. The van der Waals surface area contributed by atoms with Gasteiger partial charge in [-0.3, -0.25) is 0 Å². The SMILES string of the molecule is Cc1nc(N2CCC(C)C(C)C2)ncc1CNC(C)C. The standard InChI is InChI=1S/C16H28N4/c1-11(2)17-8-15-9-18-16(19-14(15)5)20-7-6-12(3)13(4)10-20/h9,11-13,17H,6-8,10H2,1-5H3. The van der Waals surface area contributed by atoms with Crippen molar-refractivity contribution in [2.24, 2.45) is 11.8 Å². The van der Waals surface area contributed by atoms with Crippen LogP contribution in [0.5, 0.6) is 0 Å². The first kappa shape index (κ1) is 15.2. The van der Waals surface area contributed by atoms with Crippen LogP contribution in [0.4, 0.5) is 5.95 Å². The number of hydrogen-bond donors (Lipinski definition) is 1. The molecule has 1 saturated heterocycles. The smallest absolute Gasteiger partial charge is 0.225 e. The van der Waals surface area contributed by atoms with Crippen LogP contribution in [0.2, 0.25) is 0 Å². The molecule has 0 radical (unpaired) electrons. The molecule has 0 aliphatic carbocycles. The van der Waals surface area contributed by atoms with E-state index in [1.165, 1.54) is 12.0 Å². The maximum atomic E-state index is 4.71. The highest BCUT2D eigenvalue weighted by Crippen LogP contribution is 2.25. The lowest BCUT2D eigenvalue weighted by molar-refractivity contribution is 0.321. The Morgan fingerprint density at radius 2 is 2.10 bits per heavy atom. The van der Waals surface area contributed by atoms with E-state index in [9.17, 15) is 0 Å². The lowest BCUT2D eigenvalue weighted by Gasteiger charge is -2.35. The molecule has 0 spiro atoms. The summed E-state index contributed by atoms with van der Waals surface area (Å²) < 4.78 is 0. The molecule has 0 saturated carbocycles. The number of anilines is 1. The van der Waals surface area contributed by atoms with E-state index in [4.69, 9.17) is 4.98 Å². The first-order valence-corrected chi connectivity index (χ1v) is 7.78. The van der Waals surface area contributed by atoms with Gasteiger partial charge in [-0.2, -0.15) is 0 Å². The van der Waals surface area contributed by atoms with Crippen molar-refractivity contribution < 1.29 is 0 Å². The molecule has 20 heavy (non-hydrogen) atoms. The molecule has 2 unspecified atom stereocenters. The van der Waals surface area contributed by atoms with Crippen LogP contribution in [0.25, 0.3) is 0 Å². The van der Waals surface area contributed by atoms with Crippen LogP contribution in [-0.2, 0) is 6.54 Å². The monoisotopic (exact) mass is 276 g/mol. The van der Waals surface area contributed by atoms with E-state index in [1.54, 1.807) is 0 Å². The van der Waals surface area contributed by atoms with Crippen molar-refractivity contribution in [2.45, 2.75) is 53.6 Å². The lowest BCUT2D eigenvalue weighted by atomic mass is 9.89. The largest absolute Gasteiger partial charge is 0.341 e. The molecule has 0 aromatic carbocycles. The molecule has 1 aromatic rings. The second-order valence-corrected chi connectivity index (χ2v) is 6.51. The quantitative estimate of drug-likeness (QED) is 0.918. The summed E-state index contributed by atoms with van der Waals surface area (Å²) in [6.45, 7) is 14.1. The Morgan fingerprint density at radius 1 is 1.35 bits per heavy atom. The summed E-state index contributed by atoms with van der Waals surface area (Å²) >= 11 is 0. The van der Waals surface area contributed by atoms with Gasteiger partial charge in [0.1, 0.15) is 0 Å². The summed E-state index contributed by atoms with van der Waals surface area (Å²) in [5.41, 5.74) is 2.29. The minimum Gasteiger partial charge on any atom is -0.341 e. The highest BCUT2D eigenvalue weighted by atomic mass is 15.3. The zero-order chi connectivity index (χ0) is 14.7. The van der Waals surface area contributed by atoms with Crippen LogP contribution >= 0.6 is 0 Å². The van der Waals surface area contributed by atoms with Gasteiger partial charge in [0.25, 0.3) is 0 Å². The van der Waals surface area contributed by atoms with Gasteiger partial charge in [-0.25, -0.2) is 9.97 Å². The molecule has 0 amide bonds. The summed E-state index contributed by atoms with van der Waals surface area (Å²) in [7, 11) is 0. The number of nitrogens with zero attached hydrogens (tertiary/aromatic N) is 3. The van der Waals surface area contributed by atoms with Gasteiger partial charge < -0.3 is 10.2 Å². The predicted octanol–water partition coefficient (Wildman–Crippen LogP) is 2.77. The van der Waals surface area contributed by atoms with E-state index in [0.29, 0.717) is 6.04 Å². The van der Waals surface area contributed by atoms with Gasteiger partial charge in [-0.05, 0) is 25.2 Å². The number of aromatic nitrogens is 2. The fourth-order valence-electron chi connectivity index (χ4n) is 2.56.